The molecule has 0 spiro atoms. The third kappa shape index (κ3) is 35.5. The Balaban J connectivity index is 0. The van der Waals surface area contributed by atoms with Gasteiger partial charge >= 0.3 is 63.3 Å². The Bertz CT molecular complexity index is 40.0. The van der Waals surface area contributed by atoms with Gasteiger partial charge in [0, 0.05) is 6.61 Å². The Labute approximate surface area is 92.5 Å². The summed E-state index contributed by atoms with van der Waals surface area (Å²) in [6, 6.07) is 0. The van der Waals surface area contributed by atoms with Crippen molar-refractivity contribution in [3.8, 4) is 0 Å². The first-order valence-corrected chi connectivity index (χ1v) is 31.9. The summed E-state index contributed by atoms with van der Waals surface area (Å²) in [6.07, 6.45) is 2.04. The van der Waals surface area contributed by atoms with Crippen molar-refractivity contribution in [3.63, 3.8) is 0 Å². The first kappa shape index (κ1) is 14.6. The van der Waals surface area contributed by atoms with Crippen LogP contribution in [-0.4, -0.2) is 20.9 Å². The van der Waals surface area contributed by atoms with Crippen LogP contribution in [0, 0.1) is 0 Å². The van der Waals surface area contributed by atoms with Crippen LogP contribution < -0.4 is 0 Å². The van der Waals surface area contributed by atoms with Crippen molar-refractivity contribution in [2.24, 2.45) is 0 Å². The quantitative estimate of drug-likeness (QED) is 0.356. The number of hydrogen-bond acceptors (Lipinski definition) is 1. The predicted octanol–water partition coefficient (Wildman–Crippen LogP) is 3.06. The van der Waals surface area contributed by atoms with Gasteiger partial charge in [0.1, 0.15) is 0 Å². The third-order valence-corrected chi connectivity index (χ3v) is 0.512. The Kier molecular flexibility index (Phi) is 22.0. The first-order valence-electron chi connectivity index (χ1n) is 2.53. The Morgan fingerprint density at radius 2 is 1.67 bits per heavy atom. The third-order valence-electron chi connectivity index (χ3n) is 0.512. The standard InChI is InChI=1S/C4H10O.Bi.3HI/c1-2-3-4-5;;;;/h5H,2-4H2,1H3;;3*1H/q;+3;;;/p-3. The fourth-order valence-electron chi connectivity index (χ4n) is 0.158. The number of hydrogen-bond donors (Lipinski definition) is 1. The molecule has 1 N–H and O–H groups in total. The van der Waals surface area contributed by atoms with E-state index in [1.54, 1.807) is 0 Å². The molecule has 0 saturated carbocycles. The summed E-state index contributed by atoms with van der Waals surface area (Å²) < 4.78 is 0. The minimum absolute atomic E-state index is 0.344. The van der Waals surface area contributed by atoms with Crippen molar-refractivity contribution in [1.29, 1.82) is 0 Å². The zero-order chi connectivity index (χ0) is 7.70. The van der Waals surface area contributed by atoms with Crippen LogP contribution in [-0.2, 0) is 0 Å². The zero-order valence-electron chi connectivity index (χ0n) is 5.15. The van der Waals surface area contributed by atoms with Gasteiger partial charge < -0.3 is 5.11 Å². The predicted molar refractivity (Wildman–Crippen MR) is 69.8 cm³/mol. The zero-order valence-corrected chi connectivity index (χ0v) is 15.1. The molecule has 0 aromatic carbocycles. The van der Waals surface area contributed by atoms with E-state index in [0.29, 0.717) is 6.61 Å². The van der Waals surface area contributed by atoms with E-state index >= 15 is 0 Å². The Morgan fingerprint density at radius 1 is 1.33 bits per heavy atom. The summed E-state index contributed by atoms with van der Waals surface area (Å²) in [4.78, 5) is 0. The van der Waals surface area contributed by atoms with E-state index in [1.165, 1.54) is 0 Å². The monoisotopic (exact) mass is 664 g/mol. The molecule has 0 amide bonds. The molecule has 0 aliphatic carbocycles. The summed E-state index contributed by atoms with van der Waals surface area (Å²) in [5, 5.41) is 8.07. The number of aliphatic hydroxyl groups excluding tert-OH is 1. The van der Waals surface area contributed by atoms with Crippen molar-refractivity contribution in [3.05, 3.63) is 0 Å². The number of halogens is 3. The molecule has 0 unspecified atom stereocenters. The average molecular weight is 664 g/mol. The molecule has 1 nitrogen and oxygen atoms in total. The fourth-order valence-corrected chi connectivity index (χ4v) is 0.158. The molecule has 0 aliphatic heterocycles. The second-order valence-corrected chi connectivity index (χ2v) is 76.8. The van der Waals surface area contributed by atoms with Gasteiger partial charge in [0.2, 0.25) is 0 Å². The molecule has 0 atom stereocenters. The fraction of sp³-hybridized carbons (Fsp3) is 1.00. The first-order chi connectivity index (χ1) is 4.15. The van der Waals surface area contributed by atoms with Crippen LogP contribution in [0.3, 0.4) is 0 Å². The van der Waals surface area contributed by atoms with Gasteiger partial charge in [0.15, 0.2) is 0 Å². The van der Waals surface area contributed by atoms with E-state index < -0.39 is 9.18 Å². The van der Waals surface area contributed by atoms with Gasteiger partial charge in [-0.2, -0.15) is 0 Å². The van der Waals surface area contributed by atoms with Crippen LogP contribution >= 0.6 is 54.1 Å². The van der Waals surface area contributed by atoms with Crippen LogP contribution in [0.4, 0.5) is 0 Å². The summed E-state index contributed by atoms with van der Waals surface area (Å²) in [5.41, 5.74) is 0. The molecule has 0 radical (unpaired) electrons. The maximum atomic E-state index is 8.07. The van der Waals surface area contributed by atoms with Crippen LogP contribution in [0.1, 0.15) is 19.8 Å². The SMILES string of the molecule is CCCCO.[I][Bi]([I])[I]. The Hall–Kier alpha value is 3.03. The molecule has 0 saturated heterocycles. The van der Waals surface area contributed by atoms with Crippen molar-refractivity contribution < 1.29 is 5.11 Å². The van der Waals surface area contributed by atoms with Crippen LogP contribution in [0.2, 0.25) is 0 Å². The number of aliphatic hydroxyl groups is 1. The van der Waals surface area contributed by atoms with E-state index in [2.05, 4.69) is 61.1 Å². The summed E-state index contributed by atoms with van der Waals surface area (Å²) in [6.45, 7) is 2.40. The normalized spacial score (nSPS) is 8.67. The molecule has 0 aromatic rings. The molecule has 0 heterocycles. The molecule has 0 fully saturated rings. The molecule has 9 heavy (non-hydrogen) atoms. The molecular formula is C4H10BiI3O. The van der Waals surface area contributed by atoms with Crippen LogP contribution in [0.15, 0.2) is 0 Å². The molecule has 58 valence electrons. The minimum atomic E-state index is -0.683. The molecule has 0 bridgehead atoms. The van der Waals surface area contributed by atoms with Crippen molar-refractivity contribution in [1.82, 2.24) is 0 Å². The average Bonchev–Trinajstić information content (AvgIpc) is 1.66. The molecule has 0 aromatic heterocycles. The second kappa shape index (κ2) is 13.6. The van der Waals surface area contributed by atoms with E-state index in [9.17, 15) is 0 Å². The van der Waals surface area contributed by atoms with Gasteiger partial charge in [-0.25, -0.2) is 0 Å². The summed E-state index contributed by atoms with van der Waals surface area (Å²) in [7, 11) is -0.683. The summed E-state index contributed by atoms with van der Waals surface area (Å²) >= 11 is 7.56. The molecular weight excluding hydrogens is 654 g/mol. The van der Waals surface area contributed by atoms with E-state index in [1.807, 2.05) is 0 Å². The van der Waals surface area contributed by atoms with Crippen molar-refractivity contribution in [2.45, 2.75) is 19.8 Å². The van der Waals surface area contributed by atoms with Gasteiger partial charge in [-0.05, 0) is 6.42 Å². The van der Waals surface area contributed by atoms with Crippen molar-refractivity contribution >= 4 is 63.3 Å². The molecule has 0 aliphatic rings. The maximum absolute atomic E-state index is 8.07. The van der Waals surface area contributed by atoms with Gasteiger partial charge in [-0.1, -0.05) is 13.3 Å². The van der Waals surface area contributed by atoms with Gasteiger partial charge in [-0.3, -0.25) is 0 Å². The van der Waals surface area contributed by atoms with Crippen molar-refractivity contribution in [2.75, 3.05) is 6.61 Å². The number of rotatable bonds is 2. The van der Waals surface area contributed by atoms with Crippen LogP contribution in [0.5, 0.6) is 0 Å². The molecule has 5 heteroatoms. The van der Waals surface area contributed by atoms with E-state index in [0.717, 1.165) is 12.8 Å². The topological polar surface area (TPSA) is 20.2 Å². The summed E-state index contributed by atoms with van der Waals surface area (Å²) in [5.74, 6) is 0. The van der Waals surface area contributed by atoms with Gasteiger partial charge in [0.05, 0.1) is 0 Å². The van der Waals surface area contributed by atoms with E-state index in [4.69, 9.17) is 5.11 Å². The molecule has 0 rings (SSSR count). The van der Waals surface area contributed by atoms with Gasteiger partial charge in [-0.15, -0.1) is 0 Å². The number of unbranched alkanes of at least 4 members (excludes halogenated alkanes) is 1. The second-order valence-electron chi connectivity index (χ2n) is 1.27. The Morgan fingerprint density at radius 3 is 1.67 bits per heavy atom. The van der Waals surface area contributed by atoms with Gasteiger partial charge in [0.25, 0.3) is 0 Å². The van der Waals surface area contributed by atoms with Crippen LogP contribution in [0.25, 0.3) is 0 Å². The van der Waals surface area contributed by atoms with E-state index in [-0.39, 0.29) is 0 Å².